The van der Waals surface area contributed by atoms with E-state index in [9.17, 15) is 4.39 Å². The molecule has 1 heterocycles. The van der Waals surface area contributed by atoms with E-state index in [1.54, 1.807) is 30.6 Å². The molecule has 1 unspecified atom stereocenters. The minimum Gasteiger partial charge on any atom is -0.271 e. The second kappa shape index (κ2) is 5.99. The predicted molar refractivity (Wildman–Crippen MR) is 69.9 cm³/mol. The molecule has 0 aliphatic heterocycles. The van der Waals surface area contributed by atoms with E-state index >= 15 is 0 Å². The Morgan fingerprint density at radius 1 is 1.33 bits per heavy atom. The Bertz CT molecular complexity index is 521. The highest BCUT2D eigenvalue weighted by molar-refractivity contribution is 9.10. The van der Waals surface area contributed by atoms with E-state index in [1.165, 1.54) is 6.07 Å². The van der Waals surface area contributed by atoms with Crippen LogP contribution >= 0.6 is 15.9 Å². The van der Waals surface area contributed by atoms with Gasteiger partial charge in [0.05, 0.1) is 6.04 Å². The number of nitrogens with zero attached hydrogens (tertiary/aromatic N) is 2. The molecule has 94 valence electrons. The highest BCUT2D eigenvalue weighted by Gasteiger charge is 2.15. The Hall–Kier alpha value is -1.37. The van der Waals surface area contributed by atoms with Crippen molar-refractivity contribution in [1.82, 2.24) is 15.4 Å². The monoisotopic (exact) mass is 310 g/mol. The molecule has 4 nitrogen and oxygen atoms in total. The first kappa shape index (κ1) is 13.1. The van der Waals surface area contributed by atoms with Crippen molar-refractivity contribution in [1.29, 1.82) is 0 Å². The van der Waals surface area contributed by atoms with Gasteiger partial charge in [-0.25, -0.2) is 19.8 Å². The molecule has 1 atom stereocenters. The average Bonchev–Trinajstić information content (AvgIpc) is 2.39. The van der Waals surface area contributed by atoms with Crippen LogP contribution in [-0.2, 0) is 6.42 Å². The average molecular weight is 311 g/mol. The van der Waals surface area contributed by atoms with Gasteiger partial charge in [0, 0.05) is 16.9 Å². The molecule has 3 N–H and O–H groups in total. The normalized spacial score (nSPS) is 12.4. The first-order valence-electron chi connectivity index (χ1n) is 5.37. The maximum absolute atomic E-state index is 13.7. The summed E-state index contributed by atoms with van der Waals surface area (Å²) in [5, 5.41) is 0. The van der Waals surface area contributed by atoms with Gasteiger partial charge in [0.1, 0.15) is 11.6 Å². The number of hydrogen-bond acceptors (Lipinski definition) is 4. The number of nitrogens with one attached hydrogen (secondary N) is 1. The molecule has 0 spiro atoms. The first-order valence-corrected chi connectivity index (χ1v) is 6.17. The van der Waals surface area contributed by atoms with Gasteiger partial charge < -0.3 is 0 Å². The fraction of sp³-hybridized carbons (Fsp3) is 0.167. The predicted octanol–water partition coefficient (Wildman–Crippen LogP) is 2.13. The lowest BCUT2D eigenvalue weighted by Crippen LogP contribution is -2.31. The van der Waals surface area contributed by atoms with Crippen molar-refractivity contribution in [3.63, 3.8) is 0 Å². The highest BCUT2D eigenvalue weighted by atomic mass is 79.9. The summed E-state index contributed by atoms with van der Waals surface area (Å²) in [4.78, 5) is 8.22. The van der Waals surface area contributed by atoms with Gasteiger partial charge in [-0.1, -0.05) is 22.0 Å². The Morgan fingerprint density at radius 3 is 2.67 bits per heavy atom. The van der Waals surface area contributed by atoms with Crippen molar-refractivity contribution in [2.45, 2.75) is 12.5 Å². The minimum absolute atomic E-state index is 0.277. The van der Waals surface area contributed by atoms with Crippen LogP contribution in [-0.4, -0.2) is 9.97 Å². The smallest absolute Gasteiger partial charge is 0.146 e. The lowest BCUT2D eigenvalue weighted by Gasteiger charge is -2.14. The lowest BCUT2D eigenvalue weighted by atomic mass is 10.1. The molecule has 1 aromatic heterocycles. The molecular weight excluding hydrogens is 299 g/mol. The molecule has 0 saturated heterocycles. The quantitative estimate of drug-likeness (QED) is 0.671. The molecule has 0 saturated carbocycles. The maximum Gasteiger partial charge on any atom is 0.146 e. The largest absolute Gasteiger partial charge is 0.271 e. The molecule has 6 heteroatoms. The van der Waals surface area contributed by atoms with Gasteiger partial charge in [-0.05, 0) is 30.2 Å². The molecule has 0 aliphatic rings. The zero-order chi connectivity index (χ0) is 13.0. The number of halogens is 2. The molecular formula is C12H12BrFN4. The third-order valence-corrected chi connectivity index (χ3v) is 3.03. The topological polar surface area (TPSA) is 63.8 Å². The van der Waals surface area contributed by atoms with Crippen LogP contribution in [0.2, 0.25) is 0 Å². The van der Waals surface area contributed by atoms with E-state index in [1.807, 2.05) is 0 Å². The number of hydrazine groups is 1. The van der Waals surface area contributed by atoms with Gasteiger partial charge in [0.15, 0.2) is 0 Å². The summed E-state index contributed by atoms with van der Waals surface area (Å²) in [7, 11) is 0. The van der Waals surface area contributed by atoms with Crippen molar-refractivity contribution in [3.8, 4) is 0 Å². The molecule has 0 radical (unpaired) electrons. The van der Waals surface area contributed by atoms with E-state index < -0.39 is 0 Å². The van der Waals surface area contributed by atoms with Crippen molar-refractivity contribution in [2.24, 2.45) is 5.84 Å². The fourth-order valence-electron chi connectivity index (χ4n) is 1.62. The van der Waals surface area contributed by atoms with Crippen LogP contribution in [0.25, 0.3) is 0 Å². The fourth-order valence-corrected chi connectivity index (χ4v) is 1.96. The first-order chi connectivity index (χ1) is 8.70. The summed E-state index contributed by atoms with van der Waals surface area (Å²) < 4.78 is 14.4. The van der Waals surface area contributed by atoms with Crippen LogP contribution in [0.4, 0.5) is 4.39 Å². The number of hydrogen-bond donors (Lipinski definition) is 2. The van der Waals surface area contributed by atoms with E-state index in [4.69, 9.17) is 5.84 Å². The Kier molecular flexibility index (Phi) is 4.35. The minimum atomic E-state index is -0.318. The Labute approximate surface area is 113 Å². The number of rotatable bonds is 4. The molecule has 2 rings (SSSR count). The highest BCUT2D eigenvalue weighted by Crippen LogP contribution is 2.20. The number of aromatic nitrogens is 2. The molecule has 0 amide bonds. The molecule has 0 aliphatic carbocycles. The third-order valence-electron chi connectivity index (χ3n) is 2.54. The number of benzene rings is 1. The standard InChI is InChI=1S/C12H12BrFN4/c13-9-3-2-8(10(14)7-9)6-11(18-15)12-16-4-1-5-17-12/h1-5,7,11,18H,6,15H2. The summed E-state index contributed by atoms with van der Waals surface area (Å²) >= 11 is 3.22. The summed E-state index contributed by atoms with van der Waals surface area (Å²) in [6.45, 7) is 0. The van der Waals surface area contributed by atoms with Crippen molar-refractivity contribution in [2.75, 3.05) is 0 Å². The Morgan fingerprint density at radius 2 is 2.06 bits per heavy atom. The third kappa shape index (κ3) is 3.10. The molecule has 0 fully saturated rings. The SMILES string of the molecule is NNC(Cc1ccc(Br)cc1F)c1ncccn1. The summed E-state index contributed by atoms with van der Waals surface area (Å²) in [6.07, 6.45) is 3.65. The van der Waals surface area contributed by atoms with E-state index in [0.717, 1.165) is 0 Å². The van der Waals surface area contributed by atoms with Crippen molar-refractivity contribution < 1.29 is 4.39 Å². The summed E-state index contributed by atoms with van der Waals surface area (Å²) in [5.74, 6) is 5.74. The van der Waals surface area contributed by atoms with Gasteiger partial charge in [0.25, 0.3) is 0 Å². The van der Waals surface area contributed by atoms with E-state index in [0.29, 0.717) is 22.3 Å². The van der Waals surface area contributed by atoms with Gasteiger partial charge in [0.2, 0.25) is 0 Å². The maximum atomic E-state index is 13.7. The summed E-state index contributed by atoms with van der Waals surface area (Å²) in [5.41, 5.74) is 3.17. The van der Waals surface area contributed by atoms with Crippen molar-refractivity contribution in [3.05, 3.63) is 58.3 Å². The second-order valence-corrected chi connectivity index (χ2v) is 4.68. The van der Waals surface area contributed by atoms with Gasteiger partial charge >= 0.3 is 0 Å². The molecule has 18 heavy (non-hydrogen) atoms. The van der Waals surface area contributed by atoms with Crippen molar-refractivity contribution >= 4 is 15.9 Å². The number of nitrogens with two attached hydrogens (primary N) is 1. The zero-order valence-electron chi connectivity index (χ0n) is 9.48. The Balaban J connectivity index is 2.21. The summed E-state index contributed by atoms with van der Waals surface area (Å²) in [6, 6.07) is 6.33. The van der Waals surface area contributed by atoms with Gasteiger partial charge in [-0.15, -0.1) is 0 Å². The zero-order valence-corrected chi connectivity index (χ0v) is 11.1. The van der Waals surface area contributed by atoms with Gasteiger partial charge in [-0.2, -0.15) is 0 Å². The van der Waals surface area contributed by atoms with Crippen LogP contribution < -0.4 is 11.3 Å². The van der Waals surface area contributed by atoms with Crippen LogP contribution in [0.5, 0.6) is 0 Å². The van der Waals surface area contributed by atoms with E-state index in [2.05, 4.69) is 31.3 Å². The second-order valence-electron chi connectivity index (χ2n) is 3.77. The van der Waals surface area contributed by atoms with E-state index in [-0.39, 0.29) is 11.9 Å². The van der Waals surface area contributed by atoms with Crippen LogP contribution in [0.3, 0.4) is 0 Å². The molecule has 0 bridgehead atoms. The molecule has 2 aromatic rings. The van der Waals surface area contributed by atoms with Gasteiger partial charge in [-0.3, -0.25) is 5.84 Å². The lowest BCUT2D eigenvalue weighted by molar-refractivity contribution is 0.506. The van der Waals surface area contributed by atoms with Crippen LogP contribution in [0.1, 0.15) is 17.4 Å². The van der Waals surface area contributed by atoms with Crippen LogP contribution in [0.15, 0.2) is 41.1 Å². The molecule has 1 aromatic carbocycles. The van der Waals surface area contributed by atoms with Crippen LogP contribution in [0, 0.1) is 5.82 Å².